The molecule has 2 aliphatic heterocycles. The van der Waals surface area contributed by atoms with Crippen molar-refractivity contribution in [3.63, 3.8) is 0 Å². The fraction of sp³-hybridized carbons (Fsp3) is 0.333. The molecule has 0 saturated carbocycles. The molecule has 2 aliphatic rings. The van der Waals surface area contributed by atoms with Gasteiger partial charge in [-0.1, -0.05) is 65.8 Å². The van der Waals surface area contributed by atoms with Gasteiger partial charge in [-0.15, -0.1) is 0 Å². The van der Waals surface area contributed by atoms with E-state index in [-0.39, 0.29) is 18.4 Å². The average molecular weight is 485 g/mol. The summed E-state index contributed by atoms with van der Waals surface area (Å²) in [6.45, 7) is 5.98. The number of para-hydroxylation sites is 1. The third kappa shape index (κ3) is 4.65. The summed E-state index contributed by atoms with van der Waals surface area (Å²) in [7, 11) is 0. The van der Waals surface area contributed by atoms with Gasteiger partial charge in [0, 0.05) is 22.5 Å². The zero-order chi connectivity index (χ0) is 21.3. The van der Waals surface area contributed by atoms with E-state index in [1.165, 1.54) is 11.8 Å². The van der Waals surface area contributed by atoms with E-state index in [9.17, 15) is 9.59 Å². The minimum atomic E-state index is -0.120. The molecule has 0 spiro atoms. The molecule has 0 radical (unpaired) electrons. The monoisotopic (exact) mass is 484 g/mol. The number of rotatable bonds is 3. The van der Waals surface area contributed by atoms with Crippen LogP contribution in [0.4, 0.5) is 5.69 Å². The summed E-state index contributed by atoms with van der Waals surface area (Å²) < 4.78 is 0.964. The maximum absolute atomic E-state index is 13.4. The summed E-state index contributed by atoms with van der Waals surface area (Å²) in [6.07, 6.45) is 3.04. The summed E-state index contributed by atoms with van der Waals surface area (Å²) in [4.78, 5) is 31.7. The summed E-state index contributed by atoms with van der Waals surface area (Å²) in [5.74, 6) is 0.879. The molecule has 1 saturated heterocycles. The number of halogens is 1. The highest BCUT2D eigenvalue weighted by atomic mass is 79.9. The summed E-state index contributed by atoms with van der Waals surface area (Å²) in [5, 5.41) is 0. The van der Waals surface area contributed by atoms with Crippen molar-refractivity contribution in [2.75, 3.05) is 24.5 Å². The largest absolute Gasteiger partial charge is 0.341 e. The van der Waals surface area contributed by atoms with E-state index in [1.807, 2.05) is 59.5 Å². The molecular weight excluding hydrogens is 460 g/mol. The molecule has 2 aromatic rings. The average Bonchev–Trinajstić information content (AvgIpc) is 2.70. The van der Waals surface area contributed by atoms with Crippen molar-refractivity contribution in [3.8, 4) is 0 Å². The van der Waals surface area contributed by atoms with Crippen molar-refractivity contribution in [1.29, 1.82) is 0 Å². The van der Waals surface area contributed by atoms with Crippen molar-refractivity contribution in [2.45, 2.75) is 25.2 Å². The normalized spacial score (nSPS) is 22.9. The van der Waals surface area contributed by atoms with Gasteiger partial charge in [0.1, 0.15) is 6.54 Å². The molecule has 2 atom stereocenters. The Bertz CT molecular complexity index is 996. The highest BCUT2D eigenvalue weighted by Gasteiger charge is 2.33. The fourth-order valence-electron chi connectivity index (χ4n) is 4.27. The number of carbonyl (C=O) groups excluding carboxylic acids is 2. The lowest BCUT2D eigenvalue weighted by molar-refractivity contribution is -0.133. The Morgan fingerprint density at radius 3 is 2.60 bits per heavy atom. The van der Waals surface area contributed by atoms with Gasteiger partial charge >= 0.3 is 0 Å². The Labute approximate surface area is 190 Å². The van der Waals surface area contributed by atoms with Gasteiger partial charge in [-0.3, -0.25) is 14.5 Å². The lowest BCUT2D eigenvalue weighted by atomic mass is 9.92. The smallest absolute Gasteiger partial charge is 0.265 e. The van der Waals surface area contributed by atoms with Crippen molar-refractivity contribution in [2.24, 2.45) is 11.8 Å². The molecule has 1 fully saturated rings. The number of fused-ring (bicyclic) bond motifs is 1. The Balaban J connectivity index is 1.62. The first kappa shape index (κ1) is 21.2. The van der Waals surface area contributed by atoms with Crippen LogP contribution in [0.15, 0.2) is 62.8 Å². The van der Waals surface area contributed by atoms with Gasteiger partial charge in [-0.05, 0) is 54.2 Å². The molecule has 30 heavy (non-hydrogen) atoms. The van der Waals surface area contributed by atoms with Gasteiger partial charge in [-0.2, -0.15) is 0 Å². The van der Waals surface area contributed by atoms with Crippen LogP contribution in [0.5, 0.6) is 0 Å². The second-order valence-electron chi connectivity index (χ2n) is 8.27. The van der Waals surface area contributed by atoms with Gasteiger partial charge in [0.15, 0.2) is 0 Å². The first-order valence-corrected chi connectivity index (χ1v) is 11.9. The molecule has 2 unspecified atom stereocenters. The first-order chi connectivity index (χ1) is 14.4. The molecule has 4 nitrogen and oxygen atoms in total. The summed E-state index contributed by atoms with van der Waals surface area (Å²) in [5.41, 5.74) is 1.76. The third-order valence-corrected chi connectivity index (χ3v) is 7.06. The number of benzene rings is 2. The van der Waals surface area contributed by atoms with Crippen LogP contribution >= 0.6 is 27.7 Å². The number of nitrogens with zero attached hydrogens (tertiary/aromatic N) is 2. The van der Waals surface area contributed by atoms with Crippen LogP contribution in [-0.4, -0.2) is 36.3 Å². The van der Waals surface area contributed by atoms with Gasteiger partial charge in [-0.25, -0.2) is 0 Å². The van der Waals surface area contributed by atoms with E-state index >= 15 is 0 Å². The molecule has 0 bridgehead atoms. The number of piperidine rings is 1. The number of anilines is 1. The van der Waals surface area contributed by atoms with E-state index in [1.54, 1.807) is 4.90 Å². The van der Waals surface area contributed by atoms with Crippen LogP contribution in [0.2, 0.25) is 0 Å². The van der Waals surface area contributed by atoms with E-state index < -0.39 is 0 Å². The number of carbonyl (C=O) groups is 2. The van der Waals surface area contributed by atoms with Crippen molar-refractivity contribution in [3.05, 3.63) is 63.5 Å². The highest BCUT2D eigenvalue weighted by molar-refractivity contribution is 9.10. The molecule has 2 heterocycles. The second-order valence-corrected chi connectivity index (χ2v) is 10.3. The van der Waals surface area contributed by atoms with Crippen molar-refractivity contribution >= 4 is 51.3 Å². The molecule has 0 aliphatic carbocycles. The van der Waals surface area contributed by atoms with Crippen LogP contribution < -0.4 is 4.90 Å². The van der Waals surface area contributed by atoms with Crippen LogP contribution in [0, 0.1) is 11.8 Å². The Morgan fingerprint density at radius 2 is 1.87 bits per heavy atom. The van der Waals surface area contributed by atoms with Crippen molar-refractivity contribution < 1.29 is 9.59 Å². The first-order valence-electron chi connectivity index (χ1n) is 10.2. The van der Waals surface area contributed by atoms with Crippen LogP contribution in [0.25, 0.3) is 6.08 Å². The maximum Gasteiger partial charge on any atom is 0.265 e. The molecule has 0 aromatic heterocycles. The molecule has 6 heteroatoms. The molecule has 0 N–H and O–H groups in total. The van der Waals surface area contributed by atoms with Crippen LogP contribution in [0.1, 0.15) is 25.8 Å². The Morgan fingerprint density at radius 1 is 1.13 bits per heavy atom. The topological polar surface area (TPSA) is 40.6 Å². The minimum Gasteiger partial charge on any atom is -0.341 e. The van der Waals surface area contributed by atoms with Gasteiger partial charge < -0.3 is 4.90 Å². The lowest BCUT2D eigenvalue weighted by Gasteiger charge is -2.37. The van der Waals surface area contributed by atoms with Crippen molar-refractivity contribution in [1.82, 2.24) is 4.90 Å². The Kier molecular flexibility index (Phi) is 6.34. The number of amides is 2. The molecule has 156 valence electrons. The van der Waals surface area contributed by atoms with Gasteiger partial charge in [0.25, 0.3) is 5.91 Å². The van der Waals surface area contributed by atoms with E-state index in [4.69, 9.17) is 0 Å². The number of likely N-dealkylation sites (tertiary alicyclic amines) is 1. The van der Waals surface area contributed by atoms with E-state index in [0.717, 1.165) is 40.1 Å². The van der Waals surface area contributed by atoms with E-state index in [0.29, 0.717) is 16.7 Å². The zero-order valence-corrected chi connectivity index (χ0v) is 19.6. The maximum atomic E-state index is 13.4. The number of thioether (sulfide) groups is 1. The molecular formula is C24H25BrN2O2S. The quantitative estimate of drug-likeness (QED) is 0.545. The predicted octanol–water partition coefficient (Wildman–Crippen LogP) is 5.43. The zero-order valence-electron chi connectivity index (χ0n) is 17.2. The second kappa shape index (κ2) is 8.98. The SMILES string of the molecule is CC1CC(C)CN(C(=O)CN2C(=O)C(=Cc3cccc(Br)c3)Sc3ccccc32)C1. The molecule has 2 amide bonds. The summed E-state index contributed by atoms with van der Waals surface area (Å²) >= 11 is 4.95. The van der Waals surface area contributed by atoms with E-state index in [2.05, 4.69) is 29.8 Å². The standard InChI is InChI=1S/C24H25BrN2O2S/c1-16-10-17(2)14-26(13-16)23(28)15-27-20-8-3-4-9-21(20)30-22(24(27)29)12-18-6-5-7-19(25)11-18/h3-9,11-12,16-17H,10,13-15H2,1-2H3. The van der Waals surface area contributed by atoms with Gasteiger partial charge in [0.2, 0.25) is 5.91 Å². The lowest BCUT2D eigenvalue weighted by Crippen LogP contribution is -2.49. The minimum absolute atomic E-state index is 0.0188. The molecule has 2 aromatic carbocycles. The van der Waals surface area contributed by atoms with Crippen LogP contribution in [0.3, 0.4) is 0 Å². The third-order valence-electron chi connectivity index (χ3n) is 5.49. The highest BCUT2D eigenvalue weighted by Crippen LogP contribution is 2.42. The predicted molar refractivity (Wildman–Crippen MR) is 126 cm³/mol. The number of hydrogen-bond donors (Lipinski definition) is 0. The Hall–Kier alpha value is -2.05. The number of hydrogen-bond acceptors (Lipinski definition) is 3. The summed E-state index contributed by atoms with van der Waals surface area (Å²) in [6, 6.07) is 15.7. The van der Waals surface area contributed by atoms with Crippen LogP contribution in [-0.2, 0) is 9.59 Å². The molecule has 4 rings (SSSR count). The van der Waals surface area contributed by atoms with Gasteiger partial charge in [0.05, 0.1) is 10.6 Å². The fourth-order valence-corrected chi connectivity index (χ4v) is 5.74.